The van der Waals surface area contributed by atoms with Crippen molar-refractivity contribution >= 4 is 22.5 Å². The van der Waals surface area contributed by atoms with Crippen molar-refractivity contribution in [1.29, 1.82) is 0 Å². The van der Waals surface area contributed by atoms with Gasteiger partial charge in [-0.3, -0.25) is 9.48 Å². The number of hydrogen-bond acceptors (Lipinski definition) is 4. The van der Waals surface area contributed by atoms with Crippen LogP contribution in [-0.4, -0.2) is 40.5 Å². The van der Waals surface area contributed by atoms with Crippen LogP contribution in [0.4, 0.5) is 5.69 Å². The van der Waals surface area contributed by atoms with Crippen molar-refractivity contribution in [2.45, 2.75) is 65.5 Å². The normalized spacial score (nSPS) is 14.9. The second-order valence-corrected chi connectivity index (χ2v) is 10.6. The van der Waals surface area contributed by atoms with Crippen molar-refractivity contribution in [3.63, 3.8) is 0 Å². The predicted molar refractivity (Wildman–Crippen MR) is 158 cm³/mol. The molecule has 206 valence electrons. The lowest BCUT2D eigenvalue weighted by molar-refractivity contribution is 0.102. The first-order valence-electron chi connectivity index (χ1n) is 14.4. The van der Waals surface area contributed by atoms with Crippen molar-refractivity contribution in [3.8, 4) is 5.75 Å². The van der Waals surface area contributed by atoms with E-state index in [2.05, 4.69) is 52.5 Å². The minimum atomic E-state index is -0.143. The highest BCUT2D eigenvalue weighted by atomic mass is 16.5. The molecule has 0 spiro atoms. The summed E-state index contributed by atoms with van der Waals surface area (Å²) in [6.45, 7) is 7.69. The van der Waals surface area contributed by atoms with Gasteiger partial charge < -0.3 is 19.9 Å². The molecule has 2 aromatic heterocycles. The number of anilines is 1. The fourth-order valence-electron chi connectivity index (χ4n) is 5.77. The van der Waals surface area contributed by atoms with Gasteiger partial charge in [0.25, 0.3) is 5.91 Å². The zero-order valence-corrected chi connectivity index (χ0v) is 23.5. The van der Waals surface area contributed by atoms with E-state index < -0.39 is 0 Å². The number of unbranched alkanes of at least 4 members (excludes halogenated alkanes) is 1. The van der Waals surface area contributed by atoms with Crippen LogP contribution >= 0.6 is 0 Å². The minimum absolute atomic E-state index is 0.143. The summed E-state index contributed by atoms with van der Waals surface area (Å²) in [6, 6.07) is 13.9. The van der Waals surface area contributed by atoms with Crippen LogP contribution in [0, 0.1) is 5.92 Å². The molecular weight excluding hydrogens is 486 g/mol. The third-order valence-corrected chi connectivity index (χ3v) is 7.84. The second-order valence-electron chi connectivity index (χ2n) is 10.6. The molecule has 0 saturated heterocycles. The van der Waals surface area contributed by atoms with Gasteiger partial charge in [-0.05, 0) is 100.0 Å². The maximum absolute atomic E-state index is 13.3. The van der Waals surface area contributed by atoms with Crippen molar-refractivity contribution in [2.24, 2.45) is 5.92 Å². The topological polar surface area (TPSA) is 73.1 Å². The molecule has 1 atom stereocenters. The van der Waals surface area contributed by atoms with Gasteiger partial charge in [-0.15, -0.1) is 0 Å². The molecule has 0 aliphatic heterocycles. The lowest BCUT2D eigenvalue weighted by Crippen LogP contribution is -2.25. The lowest BCUT2D eigenvalue weighted by atomic mass is 9.86. The number of ether oxygens (including phenoxy) is 1. The third kappa shape index (κ3) is 6.04. The molecule has 1 aliphatic carbocycles. The highest BCUT2D eigenvalue weighted by Crippen LogP contribution is 2.36. The van der Waals surface area contributed by atoms with Crippen molar-refractivity contribution in [1.82, 2.24) is 19.7 Å². The van der Waals surface area contributed by atoms with E-state index in [1.165, 1.54) is 34.1 Å². The van der Waals surface area contributed by atoms with E-state index in [1.54, 1.807) is 0 Å². The molecule has 7 heteroatoms. The van der Waals surface area contributed by atoms with E-state index in [9.17, 15) is 4.79 Å². The average Bonchev–Trinajstić information content (AvgIpc) is 3.54. The van der Waals surface area contributed by atoms with Crippen molar-refractivity contribution in [3.05, 3.63) is 77.2 Å². The van der Waals surface area contributed by atoms with Gasteiger partial charge in [0.15, 0.2) is 0 Å². The number of rotatable bonds is 12. The van der Waals surface area contributed by atoms with Gasteiger partial charge in [0.1, 0.15) is 5.75 Å². The average molecular weight is 528 g/mol. The number of fused-ring (bicyclic) bond motifs is 3. The quantitative estimate of drug-likeness (QED) is 0.227. The van der Waals surface area contributed by atoms with Gasteiger partial charge >= 0.3 is 0 Å². The van der Waals surface area contributed by atoms with Crippen molar-refractivity contribution < 1.29 is 9.53 Å². The zero-order chi connectivity index (χ0) is 27.2. The van der Waals surface area contributed by atoms with Crippen LogP contribution in [0.5, 0.6) is 5.75 Å². The summed E-state index contributed by atoms with van der Waals surface area (Å²) in [7, 11) is 2.03. The van der Waals surface area contributed by atoms with Gasteiger partial charge in [-0.2, -0.15) is 5.10 Å². The highest BCUT2D eigenvalue weighted by molar-refractivity contribution is 6.07. The molecular formula is C32H41N5O2. The van der Waals surface area contributed by atoms with Gasteiger partial charge in [-0.1, -0.05) is 25.5 Å². The molecule has 2 N–H and O–H groups in total. The second kappa shape index (κ2) is 12.5. The third-order valence-electron chi connectivity index (χ3n) is 7.84. The van der Waals surface area contributed by atoms with E-state index in [0.29, 0.717) is 23.8 Å². The molecule has 2 aromatic carbocycles. The summed E-state index contributed by atoms with van der Waals surface area (Å²) < 4.78 is 10.4. The Bertz CT molecular complexity index is 1420. The summed E-state index contributed by atoms with van der Waals surface area (Å²) in [5.41, 5.74) is 6.76. The van der Waals surface area contributed by atoms with E-state index in [0.717, 1.165) is 57.4 Å². The number of benzene rings is 2. The number of para-hydroxylation sites is 1. The Hall–Kier alpha value is -3.58. The van der Waals surface area contributed by atoms with E-state index in [4.69, 9.17) is 4.74 Å². The fourth-order valence-corrected chi connectivity index (χ4v) is 5.77. The molecule has 0 fully saturated rings. The Labute approximate surface area is 231 Å². The number of hydrogen-bond donors (Lipinski definition) is 2. The lowest BCUT2D eigenvalue weighted by Gasteiger charge is -2.24. The van der Waals surface area contributed by atoms with Gasteiger partial charge in [0.05, 0.1) is 18.4 Å². The Morgan fingerprint density at radius 2 is 2.05 bits per heavy atom. The number of amides is 1. The molecule has 4 aromatic rings. The predicted octanol–water partition coefficient (Wildman–Crippen LogP) is 5.86. The first kappa shape index (κ1) is 27.0. The fraction of sp³-hybridized carbons (Fsp3) is 0.438. The first-order valence-corrected chi connectivity index (χ1v) is 14.4. The monoisotopic (exact) mass is 527 g/mol. The van der Waals surface area contributed by atoms with E-state index >= 15 is 0 Å². The number of aryl methyl sites for hydroxylation is 3. The van der Waals surface area contributed by atoms with Crippen LogP contribution in [-0.2, 0) is 32.4 Å². The van der Waals surface area contributed by atoms with Crippen LogP contribution in [0.15, 0.2) is 54.9 Å². The molecule has 2 heterocycles. The molecule has 5 rings (SSSR count). The summed E-state index contributed by atoms with van der Waals surface area (Å²) >= 11 is 0. The highest BCUT2D eigenvalue weighted by Gasteiger charge is 2.25. The maximum Gasteiger partial charge on any atom is 0.259 e. The molecule has 1 amide bonds. The molecule has 1 unspecified atom stereocenters. The van der Waals surface area contributed by atoms with E-state index in [-0.39, 0.29) is 5.91 Å². The van der Waals surface area contributed by atoms with Crippen LogP contribution in [0.3, 0.4) is 0 Å². The van der Waals surface area contributed by atoms with Crippen LogP contribution in [0.1, 0.15) is 60.3 Å². The smallest absolute Gasteiger partial charge is 0.259 e. The number of carbonyl (C=O) groups excluding carboxylic acids is 1. The number of aromatic nitrogens is 3. The number of nitrogens with zero attached hydrogens (tertiary/aromatic N) is 3. The molecule has 0 saturated carbocycles. The van der Waals surface area contributed by atoms with E-state index in [1.807, 2.05) is 48.3 Å². The Morgan fingerprint density at radius 3 is 2.85 bits per heavy atom. The largest absolute Gasteiger partial charge is 0.493 e. The van der Waals surface area contributed by atoms with Gasteiger partial charge in [0, 0.05) is 41.6 Å². The Balaban J connectivity index is 1.43. The maximum atomic E-state index is 13.3. The Morgan fingerprint density at radius 1 is 1.18 bits per heavy atom. The number of nitrogens with one attached hydrogen (secondary N) is 2. The zero-order valence-electron chi connectivity index (χ0n) is 23.5. The van der Waals surface area contributed by atoms with Gasteiger partial charge in [-0.25, -0.2) is 0 Å². The molecule has 39 heavy (non-hydrogen) atoms. The number of carbonyl (C=O) groups is 1. The van der Waals surface area contributed by atoms with Crippen molar-refractivity contribution in [2.75, 3.05) is 25.5 Å². The molecule has 7 nitrogen and oxygen atoms in total. The summed E-state index contributed by atoms with van der Waals surface area (Å²) in [6.07, 6.45) is 10.4. The molecule has 0 bridgehead atoms. The minimum Gasteiger partial charge on any atom is -0.493 e. The standard InChI is InChI=1S/C32H41N5O2/c1-4-6-17-39-31-10-8-7-9-26(31)32(38)35-25-12-14-30-28(19-25)27-18-23(20-33-3)11-13-29(27)37(30)16-15-24-21-34-36(5-2)22-24/h7-10,12,14,19,21-23,33H,4-6,11,13,15-18,20H2,1-3H3,(H,35,38). The summed E-state index contributed by atoms with van der Waals surface area (Å²) in [4.78, 5) is 13.3. The SMILES string of the molecule is CCCCOc1ccccc1C(=O)Nc1ccc2c(c1)c1c(n2CCc2cnn(CC)c2)CCC(CNC)C1. The van der Waals surface area contributed by atoms with Crippen LogP contribution < -0.4 is 15.4 Å². The molecule has 1 aliphatic rings. The van der Waals surface area contributed by atoms with Gasteiger partial charge in [0.2, 0.25) is 0 Å². The van der Waals surface area contributed by atoms with Crippen LogP contribution in [0.25, 0.3) is 10.9 Å². The summed E-state index contributed by atoms with van der Waals surface area (Å²) in [5.74, 6) is 1.11. The summed E-state index contributed by atoms with van der Waals surface area (Å²) in [5, 5.41) is 12.2. The Kier molecular flexibility index (Phi) is 8.67. The van der Waals surface area contributed by atoms with Crippen LogP contribution in [0.2, 0.25) is 0 Å². The molecule has 0 radical (unpaired) electrons. The first-order chi connectivity index (χ1) is 19.1.